The van der Waals surface area contributed by atoms with Crippen molar-refractivity contribution in [1.82, 2.24) is 10.2 Å². The third-order valence-corrected chi connectivity index (χ3v) is 1.88. The Kier molecular flexibility index (Phi) is 26.9. The summed E-state index contributed by atoms with van der Waals surface area (Å²) >= 11 is 0. The summed E-state index contributed by atoms with van der Waals surface area (Å²) in [5.74, 6) is 0. The van der Waals surface area contributed by atoms with Crippen LogP contribution in [0.15, 0.2) is 0 Å². The maximum atomic E-state index is 5.36. The van der Waals surface area contributed by atoms with Crippen molar-refractivity contribution in [2.45, 2.75) is 47.6 Å². The van der Waals surface area contributed by atoms with Crippen LogP contribution < -0.4 is 5.32 Å². The third kappa shape index (κ3) is 13.9. The Balaban J connectivity index is -0.000000245. The van der Waals surface area contributed by atoms with E-state index in [0.717, 1.165) is 26.3 Å². The molecule has 0 spiro atoms. The van der Waals surface area contributed by atoms with E-state index in [0.29, 0.717) is 6.04 Å². The second-order valence-electron chi connectivity index (χ2n) is 2.82. The topological polar surface area (TPSA) is 24.5 Å². The Morgan fingerprint density at radius 1 is 1.06 bits per heavy atom. The fourth-order valence-corrected chi connectivity index (χ4v) is 1.14. The molecule has 102 valence electrons. The van der Waals surface area contributed by atoms with E-state index in [4.69, 9.17) is 4.74 Å². The maximum absolute atomic E-state index is 5.36. The highest BCUT2D eigenvalue weighted by atomic mass is 16.5. The van der Waals surface area contributed by atoms with Crippen LogP contribution in [0.25, 0.3) is 0 Å². The molecular weight excluding hydrogens is 200 g/mol. The Bertz CT molecular complexity index is 99.9. The number of nitrogens with zero attached hydrogens (tertiary/aromatic N) is 1. The Morgan fingerprint density at radius 2 is 1.56 bits per heavy atom. The van der Waals surface area contributed by atoms with Crippen LogP contribution in [-0.2, 0) is 4.74 Å². The van der Waals surface area contributed by atoms with E-state index in [1.807, 2.05) is 48.6 Å². The molecule has 3 nitrogen and oxygen atoms in total. The van der Waals surface area contributed by atoms with Gasteiger partial charge in [-0.2, -0.15) is 0 Å². The molecule has 1 rings (SSSR count). The SMILES string of the molecule is CC.CC.CC.CNC1COCCN(C)C1. The minimum Gasteiger partial charge on any atom is -0.378 e. The second kappa shape index (κ2) is 20.3. The van der Waals surface area contributed by atoms with E-state index < -0.39 is 0 Å². The van der Waals surface area contributed by atoms with Crippen molar-refractivity contribution in [2.75, 3.05) is 40.4 Å². The van der Waals surface area contributed by atoms with Crippen molar-refractivity contribution in [3.63, 3.8) is 0 Å². The van der Waals surface area contributed by atoms with Crippen molar-refractivity contribution < 1.29 is 4.74 Å². The summed E-state index contributed by atoms with van der Waals surface area (Å²) in [6.45, 7) is 15.9. The summed E-state index contributed by atoms with van der Waals surface area (Å²) < 4.78 is 5.36. The molecule has 1 heterocycles. The van der Waals surface area contributed by atoms with E-state index in [-0.39, 0.29) is 0 Å². The van der Waals surface area contributed by atoms with Crippen LogP contribution in [0, 0.1) is 0 Å². The molecule has 1 aliphatic heterocycles. The van der Waals surface area contributed by atoms with Gasteiger partial charge in [-0.25, -0.2) is 0 Å². The Morgan fingerprint density at radius 3 is 2.00 bits per heavy atom. The molecule has 0 aromatic carbocycles. The number of nitrogens with one attached hydrogen (secondary N) is 1. The van der Waals surface area contributed by atoms with Crippen LogP contribution >= 0.6 is 0 Å². The lowest BCUT2D eigenvalue weighted by molar-refractivity contribution is 0.132. The molecule has 0 aromatic rings. The molecule has 0 saturated carbocycles. The minimum absolute atomic E-state index is 0.507. The van der Waals surface area contributed by atoms with E-state index in [2.05, 4.69) is 17.3 Å². The predicted octanol–water partition coefficient (Wildman–Crippen LogP) is 2.62. The van der Waals surface area contributed by atoms with Gasteiger partial charge < -0.3 is 15.0 Å². The summed E-state index contributed by atoms with van der Waals surface area (Å²) in [5.41, 5.74) is 0. The molecular formula is C13H34N2O. The normalized spacial score (nSPS) is 19.9. The number of ether oxygens (including phenoxy) is 1. The zero-order valence-corrected chi connectivity index (χ0v) is 12.8. The maximum Gasteiger partial charge on any atom is 0.0632 e. The lowest BCUT2D eigenvalue weighted by atomic mass is 10.3. The summed E-state index contributed by atoms with van der Waals surface area (Å²) in [4.78, 5) is 2.29. The molecule has 0 bridgehead atoms. The fourth-order valence-electron chi connectivity index (χ4n) is 1.14. The quantitative estimate of drug-likeness (QED) is 0.755. The van der Waals surface area contributed by atoms with Crippen LogP contribution in [0.1, 0.15) is 41.5 Å². The first-order valence-electron chi connectivity index (χ1n) is 6.76. The van der Waals surface area contributed by atoms with Gasteiger partial charge in [-0.3, -0.25) is 0 Å². The highest BCUT2D eigenvalue weighted by molar-refractivity contribution is 4.70. The minimum atomic E-state index is 0.507. The molecule has 0 radical (unpaired) electrons. The van der Waals surface area contributed by atoms with Gasteiger partial charge in [-0.15, -0.1) is 0 Å². The molecule has 0 aliphatic carbocycles. The molecule has 16 heavy (non-hydrogen) atoms. The third-order valence-electron chi connectivity index (χ3n) is 1.88. The Labute approximate surface area is 104 Å². The summed E-state index contributed by atoms with van der Waals surface area (Å²) in [5, 5.41) is 3.21. The second-order valence-corrected chi connectivity index (χ2v) is 2.82. The molecule has 1 aliphatic rings. The van der Waals surface area contributed by atoms with E-state index in [1.165, 1.54) is 0 Å². The Hall–Kier alpha value is -0.120. The largest absolute Gasteiger partial charge is 0.378 e. The van der Waals surface area contributed by atoms with Gasteiger partial charge in [0.2, 0.25) is 0 Å². The van der Waals surface area contributed by atoms with Gasteiger partial charge >= 0.3 is 0 Å². The number of hydrogen-bond acceptors (Lipinski definition) is 3. The van der Waals surface area contributed by atoms with Crippen molar-refractivity contribution in [3.05, 3.63) is 0 Å². The predicted molar refractivity (Wildman–Crippen MR) is 75.2 cm³/mol. The number of likely N-dealkylation sites (N-methyl/N-ethyl adjacent to an activating group) is 2. The van der Waals surface area contributed by atoms with Crippen LogP contribution in [0.3, 0.4) is 0 Å². The molecule has 1 unspecified atom stereocenters. The molecule has 1 N–H and O–H groups in total. The average Bonchev–Trinajstić information content (AvgIpc) is 2.61. The van der Waals surface area contributed by atoms with E-state index in [1.54, 1.807) is 0 Å². The molecule has 0 amide bonds. The molecule has 1 atom stereocenters. The smallest absolute Gasteiger partial charge is 0.0632 e. The van der Waals surface area contributed by atoms with Crippen LogP contribution in [-0.4, -0.2) is 51.3 Å². The standard InChI is InChI=1S/C7H16N2O.3C2H6/c1-8-7-5-9(2)3-4-10-6-7;3*1-2/h7-8H,3-6H2,1-2H3;3*1-2H3. The van der Waals surface area contributed by atoms with Crippen LogP contribution in [0.4, 0.5) is 0 Å². The van der Waals surface area contributed by atoms with Gasteiger partial charge in [0.15, 0.2) is 0 Å². The van der Waals surface area contributed by atoms with Gasteiger partial charge in [0.1, 0.15) is 0 Å². The van der Waals surface area contributed by atoms with Crippen LogP contribution in [0.2, 0.25) is 0 Å². The van der Waals surface area contributed by atoms with Gasteiger partial charge in [-0.05, 0) is 14.1 Å². The first-order chi connectivity index (χ1) is 7.83. The summed E-state index contributed by atoms with van der Waals surface area (Å²) in [6, 6.07) is 0.507. The highest BCUT2D eigenvalue weighted by Crippen LogP contribution is 1.95. The van der Waals surface area contributed by atoms with Gasteiger partial charge in [0, 0.05) is 19.1 Å². The van der Waals surface area contributed by atoms with Crippen molar-refractivity contribution >= 4 is 0 Å². The first kappa shape index (κ1) is 21.2. The molecule has 1 fully saturated rings. The van der Waals surface area contributed by atoms with Gasteiger partial charge in [-0.1, -0.05) is 41.5 Å². The first-order valence-corrected chi connectivity index (χ1v) is 6.76. The molecule has 1 saturated heterocycles. The monoisotopic (exact) mass is 234 g/mol. The zero-order valence-electron chi connectivity index (χ0n) is 12.8. The number of rotatable bonds is 1. The zero-order chi connectivity index (χ0) is 13.4. The van der Waals surface area contributed by atoms with Crippen molar-refractivity contribution in [1.29, 1.82) is 0 Å². The van der Waals surface area contributed by atoms with Crippen molar-refractivity contribution in [2.24, 2.45) is 0 Å². The van der Waals surface area contributed by atoms with Gasteiger partial charge in [0.05, 0.1) is 13.2 Å². The summed E-state index contributed by atoms with van der Waals surface area (Å²) in [6.07, 6.45) is 0. The number of hydrogen-bond donors (Lipinski definition) is 1. The lowest BCUT2D eigenvalue weighted by Gasteiger charge is -2.17. The highest BCUT2D eigenvalue weighted by Gasteiger charge is 2.12. The summed E-state index contributed by atoms with van der Waals surface area (Å²) in [7, 11) is 4.10. The average molecular weight is 234 g/mol. The fraction of sp³-hybridized carbons (Fsp3) is 1.00. The van der Waals surface area contributed by atoms with E-state index >= 15 is 0 Å². The van der Waals surface area contributed by atoms with Crippen molar-refractivity contribution in [3.8, 4) is 0 Å². The van der Waals surface area contributed by atoms with Gasteiger partial charge in [0.25, 0.3) is 0 Å². The van der Waals surface area contributed by atoms with Crippen LogP contribution in [0.5, 0.6) is 0 Å². The van der Waals surface area contributed by atoms with E-state index in [9.17, 15) is 0 Å². The molecule has 0 aromatic heterocycles. The lowest BCUT2D eigenvalue weighted by Crippen LogP contribution is -2.38. The molecule has 3 heteroatoms.